The minimum absolute atomic E-state index is 0.0118. The van der Waals surface area contributed by atoms with Crippen LogP contribution in [0.1, 0.15) is 22.0 Å². The van der Waals surface area contributed by atoms with Gasteiger partial charge >= 0.3 is 0 Å². The Morgan fingerprint density at radius 3 is 2.45 bits per heavy atom. The van der Waals surface area contributed by atoms with Crippen LogP contribution >= 0.6 is 0 Å². The first kappa shape index (κ1) is 19.4. The third kappa shape index (κ3) is 3.37. The Morgan fingerprint density at radius 2 is 1.77 bits per heavy atom. The first-order valence-electron chi connectivity index (χ1n) is 10.3. The SMILES string of the molecule is O=C(c1cnccn1)N1CC(=O)N2[C@H](CO)[C@@H](c3ccc(-c4ccccc4)cc3)[C@@H]2C1. The highest BCUT2D eigenvalue weighted by molar-refractivity contribution is 5.96. The molecular formula is C24H22N4O3. The van der Waals surface area contributed by atoms with Crippen molar-refractivity contribution in [3.8, 4) is 11.1 Å². The standard InChI is InChI=1S/C24H22N4O3/c29-15-21-23(18-8-6-17(7-9-18)16-4-2-1-3-5-16)20-13-27(14-22(30)28(20)21)24(31)19-12-25-10-11-26-19/h1-12,20-21,23,29H,13-15H2/t20-,21+,23-/m0/s1. The van der Waals surface area contributed by atoms with Crippen molar-refractivity contribution in [3.63, 3.8) is 0 Å². The van der Waals surface area contributed by atoms with Crippen molar-refractivity contribution in [1.29, 1.82) is 0 Å². The molecule has 3 aromatic rings. The number of amides is 2. The van der Waals surface area contributed by atoms with Crippen LogP contribution in [-0.4, -0.2) is 68.5 Å². The number of hydrogen-bond acceptors (Lipinski definition) is 5. The number of aliphatic hydroxyl groups is 1. The van der Waals surface area contributed by atoms with E-state index >= 15 is 0 Å². The second-order valence-corrected chi connectivity index (χ2v) is 7.91. The topological polar surface area (TPSA) is 86.6 Å². The Morgan fingerprint density at radius 1 is 1.03 bits per heavy atom. The first-order valence-corrected chi connectivity index (χ1v) is 10.3. The van der Waals surface area contributed by atoms with Crippen molar-refractivity contribution < 1.29 is 14.7 Å². The monoisotopic (exact) mass is 414 g/mol. The third-order valence-electron chi connectivity index (χ3n) is 6.22. The molecule has 1 aromatic heterocycles. The summed E-state index contributed by atoms with van der Waals surface area (Å²) in [7, 11) is 0. The molecule has 3 atom stereocenters. The fourth-order valence-electron chi connectivity index (χ4n) is 4.75. The number of carbonyl (C=O) groups excluding carboxylic acids is 2. The maximum absolute atomic E-state index is 12.8. The lowest BCUT2D eigenvalue weighted by Crippen LogP contribution is -2.73. The van der Waals surface area contributed by atoms with Crippen LogP contribution in [0.25, 0.3) is 11.1 Å². The molecule has 2 amide bonds. The summed E-state index contributed by atoms with van der Waals surface area (Å²) >= 11 is 0. The van der Waals surface area contributed by atoms with E-state index in [1.165, 1.54) is 23.5 Å². The molecule has 0 radical (unpaired) electrons. The van der Waals surface area contributed by atoms with Crippen molar-refractivity contribution in [2.24, 2.45) is 0 Å². The van der Waals surface area contributed by atoms with E-state index in [0.29, 0.717) is 6.54 Å². The number of hydrogen-bond donors (Lipinski definition) is 1. The minimum Gasteiger partial charge on any atom is -0.394 e. The predicted molar refractivity (Wildman–Crippen MR) is 114 cm³/mol. The molecule has 0 spiro atoms. The molecule has 7 nitrogen and oxygen atoms in total. The van der Waals surface area contributed by atoms with Crippen molar-refractivity contribution in [2.45, 2.75) is 18.0 Å². The fraction of sp³-hybridized carbons (Fsp3) is 0.250. The van der Waals surface area contributed by atoms with E-state index in [-0.39, 0.29) is 48.7 Å². The quantitative estimate of drug-likeness (QED) is 0.705. The van der Waals surface area contributed by atoms with Gasteiger partial charge in [0, 0.05) is 24.9 Å². The van der Waals surface area contributed by atoms with Gasteiger partial charge in [-0.3, -0.25) is 14.6 Å². The molecule has 0 aliphatic carbocycles. The molecule has 7 heteroatoms. The maximum Gasteiger partial charge on any atom is 0.274 e. The summed E-state index contributed by atoms with van der Waals surface area (Å²) in [6.07, 6.45) is 4.39. The molecule has 2 fully saturated rings. The lowest BCUT2D eigenvalue weighted by atomic mass is 9.73. The highest BCUT2D eigenvalue weighted by Crippen LogP contribution is 2.43. The number of rotatable bonds is 4. The van der Waals surface area contributed by atoms with Crippen molar-refractivity contribution >= 4 is 11.8 Å². The summed E-state index contributed by atoms with van der Waals surface area (Å²) in [4.78, 5) is 36.9. The largest absolute Gasteiger partial charge is 0.394 e. The van der Waals surface area contributed by atoms with Crippen molar-refractivity contribution in [1.82, 2.24) is 19.8 Å². The number of piperazine rings is 1. The molecule has 2 saturated heterocycles. The molecule has 31 heavy (non-hydrogen) atoms. The average Bonchev–Trinajstić information content (AvgIpc) is 2.81. The molecule has 2 aliphatic rings. The van der Waals surface area contributed by atoms with Gasteiger partial charge in [-0.25, -0.2) is 4.98 Å². The maximum atomic E-state index is 12.8. The van der Waals surface area contributed by atoms with Crippen LogP contribution in [0.2, 0.25) is 0 Å². The second-order valence-electron chi connectivity index (χ2n) is 7.91. The summed E-state index contributed by atoms with van der Waals surface area (Å²) in [5.74, 6) is -0.479. The number of nitrogens with zero attached hydrogens (tertiary/aromatic N) is 4. The molecule has 1 N–H and O–H groups in total. The summed E-state index contributed by atoms with van der Waals surface area (Å²) in [6, 6.07) is 17.9. The van der Waals surface area contributed by atoms with E-state index in [4.69, 9.17) is 0 Å². The van der Waals surface area contributed by atoms with Gasteiger partial charge in [-0.2, -0.15) is 0 Å². The van der Waals surface area contributed by atoms with E-state index in [9.17, 15) is 14.7 Å². The van der Waals surface area contributed by atoms with Gasteiger partial charge in [-0.15, -0.1) is 0 Å². The average molecular weight is 414 g/mol. The molecule has 0 unspecified atom stereocenters. The van der Waals surface area contributed by atoms with Gasteiger partial charge in [-0.1, -0.05) is 54.6 Å². The van der Waals surface area contributed by atoms with E-state index in [2.05, 4.69) is 46.4 Å². The molecule has 5 rings (SSSR count). The van der Waals surface area contributed by atoms with E-state index in [0.717, 1.165) is 16.7 Å². The van der Waals surface area contributed by atoms with Crippen LogP contribution in [0.5, 0.6) is 0 Å². The Labute approximate surface area is 180 Å². The lowest BCUT2D eigenvalue weighted by molar-refractivity contribution is -0.159. The fourth-order valence-corrected chi connectivity index (χ4v) is 4.75. The predicted octanol–water partition coefficient (Wildman–Crippen LogP) is 1.95. The normalized spacial score (nSPS) is 22.6. The van der Waals surface area contributed by atoms with Crippen LogP contribution in [-0.2, 0) is 4.79 Å². The van der Waals surface area contributed by atoms with Crippen LogP contribution in [0.4, 0.5) is 0 Å². The number of aliphatic hydroxyl groups excluding tert-OH is 1. The molecule has 2 aromatic carbocycles. The molecule has 3 heterocycles. The first-order chi connectivity index (χ1) is 15.2. The number of fused-ring (bicyclic) bond motifs is 1. The molecule has 2 aliphatic heterocycles. The Hall–Kier alpha value is -3.58. The van der Waals surface area contributed by atoms with Gasteiger partial charge < -0.3 is 14.9 Å². The van der Waals surface area contributed by atoms with Gasteiger partial charge in [-0.05, 0) is 16.7 Å². The Bertz CT molecular complexity index is 1090. The summed E-state index contributed by atoms with van der Waals surface area (Å²) in [5, 5.41) is 9.97. The lowest BCUT2D eigenvalue weighted by Gasteiger charge is -2.58. The van der Waals surface area contributed by atoms with Gasteiger partial charge in [0.05, 0.1) is 24.9 Å². The molecule has 156 valence electrons. The van der Waals surface area contributed by atoms with Crippen molar-refractivity contribution in [3.05, 3.63) is 84.4 Å². The zero-order chi connectivity index (χ0) is 21.4. The summed E-state index contributed by atoms with van der Waals surface area (Å²) < 4.78 is 0. The van der Waals surface area contributed by atoms with Gasteiger partial charge in [0.25, 0.3) is 5.91 Å². The minimum atomic E-state index is -0.299. The molecule has 0 saturated carbocycles. The number of benzene rings is 2. The summed E-state index contributed by atoms with van der Waals surface area (Å²) in [6.45, 7) is 0.288. The summed E-state index contributed by atoms with van der Waals surface area (Å²) in [5.41, 5.74) is 3.53. The number of aromatic nitrogens is 2. The van der Waals surface area contributed by atoms with E-state index < -0.39 is 0 Å². The van der Waals surface area contributed by atoms with E-state index in [1.807, 2.05) is 18.2 Å². The number of carbonyl (C=O) groups is 2. The highest BCUT2D eigenvalue weighted by Gasteiger charge is 2.54. The van der Waals surface area contributed by atoms with Gasteiger partial charge in [0.2, 0.25) is 5.91 Å². The van der Waals surface area contributed by atoms with Crippen LogP contribution in [0, 0.1) is 0 Å². The van der Waals surface area contributed by atoms with Crippen molar-refractivity contribution in [2.75, 3.05) is 19.7 Å². The molecular weight excluding hydrogens is 392 g/mol. The van der Waals surface area contributed by atoms with Gasteiger partial charge in [0.1, 0.15) is 12.2 Å². The van der Waals surface area contributed by atoms with Crippen LogP contribution in [0.15, 0.2) is 73.2 Å². The Kier molecular flexibility index (Phi) is 4.95. The molecule has 0 bridgehead atoms. The smallest absolute Gasteiger partial charge is 0.274 e. The zero-order valence-electron chi connectivity index (χ0n) is 16.8. The zero-order valence-corrected chi connectivity index (χ0v) is 16.8. The highest BCUT2D eigenvalue weighted by atomic mass is 16.3. The second kappa shape index (κ2) is 7.92. The van der Waals surface area contributed by atoms with E-state index in [1.54, 1.807) is 4.90 Å². The van der Waals surface area contributed by atoms with Crippen LogP contribution in [0.3, 0.4) is 0 Å². The van der Waals surface area contributed by atoms with Gasteiger partial charge in [0.15, 0.2) is 0 Å². The Balaban J connectivity index is 1.39. The third-order valence-corrected chi connectivity index (χ3v) is 6.22. The van der Waals surface area contributed by atoms with Crippen LogP contribution < -0.4 is 0 Å².